The van der Waals surface area contributed by atoms with Crippen molar-refractivity contribution in [3.63, 3.8) is 0 Å². The molecule has 1 aromatic rings. The summed E-state index contributed by atoms with van der Waals surface area (Å²) >= 11 is 0. The molecule has 2 N–H and O–H groups in total. The molecule has 0 saturated heterocycles. The average Bonchev–Trinajstić information content (AvgIpc) is 2.38. The highest BCUT2D eigenvalue weighted by atomic mass is 16.1. The number of amides is 1. The molecule has 94 valence electrons. The van der Waals surface area contributed by atoms with Crippen LogP contribution in [0.4, 0.5) is 0 Å². The molecular formula is C13H21N3O. The first-order valence-electron chi connectivity index (χ1n) is 6.14. The van der Waals surface area contributed by atoms with Crippen LogP contribution in [0.15, 0.2) is 24.5 Å². The van der Waals surface area contributed by atoms with Gasteiger partial charge in [-0.2, -0.15) is 0 Å². The number of hydrogen-bond acceptors (Lipinski definition) is 3. The maximum atomic E-state index is 11.8. The molecular weight excluding hydrogens is 214 g/mol. The first-order chi connectivity index (χ1) is 8.25. The lowest BCUT2D eigenvalue weighted by atomic mass is 10.0. The van der Waals surface area contributed by atoms with Gasteiger partial charge < -0.3 is 10.6 Å². The third-order valence-corrected chi connectivity index (χ3v) is 2.61. The average molecular weight is 235 g/mol. The van der Waals surface area contributed by atoms with E-state index in [-0.39, 0.29) is 11.8 Å². The van der Waals surface area contributed by atoms with E-state index in [1.807, 2.05) is 19.1 Å². The lowest BCUT2D eigenvalue weighted by Crippen LogP contribution is -2.34. The van der Waals surface area contributed by atoms with Crippen LogP contribution in [0.25, 0.3) is 0 Å². The van der Waals surface area contributed by atoms with Gasteiger partial charge in [0.15, 0.2) is 0 Å². The topological polar surface area (TPSA) is 54.0 Å². The fraction of sp³-hybridized carbons (Fsp3) is 0.538. The zero-order chi connectivity index (χ0) is 12.5. The minimum atomic E-state index is -0.144. The second-order valence-electron chi connectivity index (χ2n) is 4.05. The molecule has 4 nitrogen and oxygen atoms in total. The van der Waals surface area contributed by atoms with E-state index in [0.29, 0.717) is 6.54 Å². The first-order valence-corrected chi connectivity index (χ1v) is 6.14. The molecule has 0 bridgehead atoms. The Morgan fingerprint density at radius 1 is 1.41 bits per heavy atom. The molecule has 0 spiro atoms. The molecule has 1 rings (SSSR count). The van der Waals surface area contributed by atoms with Gasteiger partial charge in [0.2, 0.25) is 5.91 Å². The van der Waals surface area contributed by atoms with Crippen LogP contribution in [0.5, 0.6) is 0 Å². The lowest BCUT2D eigenvalue weighted by molar-refractivity contribution is -0.122. The van der Waals surface area contributed by atoms with Crippen LogP contribution < -0.4 is 10.6 Å². The third kappa shape index (κ3) is 4.95. The van der Waals surface area contributed by atoms with Gasteiger partial charge in [-0.3, -0.25) is 9.78 Å². The highest BCUT2D eigenvalue weighted by Crippen LogP contribution is 2.12. The normalized spacial score (nSPS) is 12.1. The standard InChI is InChI=1S/C13H21N3O/c1-3-6-14-8-9-16-13(17)11(2)12-5-4-7-15-10-12/h4-5,7,10-11,14H,3,6,8-9H2,1-2H3,(H,16,17). The molecule has 1 atom stereocenters. The van der Waals surface area contributed by atoms with E-state index >= 15 is 0 Å². The van der Waals surface area contributed by atoms with Gasteiger partial charge in [0.25, 0.3) is 0 Å². The van der Waals surface area contributed by atoms with Gasteiger partial charge in [-0.25, -0.2) is 0 Å². The Labute approximate surface area is 103 Å². The maximum absolute atomic E-state index is 11.8. The van der Waals surface area contributed by atoms with E-state index < -0.39 is 0 Å². The van der Waals surface area contributed by atoms with Crippen LogP contribution in [0, 0.1) is 0 Å². The number of aromatic nitrogens is 1. The quantitative estimate of drug-likeness (QED) is 0.700. The zero-order valence-electron chi connectivity index (χ0n) is 10.6. The summed E-state index contributed by atoms with van der Waals surface area (Å²) in [5.74, 6) is -0.0915. The Morgan fingerprint density at radius 3 is 2.88 bits per heavy atom. The first kappa shape index (κ1) is 13.6. The number of nitrogens with zero attached hydrogens (tertiary/aromatic N) is 1. The molecule has 0 fully saturated rings. The highest BCUT2D eigenvalue weighted by Gasteiger charge is 2.13. The summed E-state index contributed by atoms with van der Waals surface area (Å²) in [5, 5.41) is 6.15. The van der Waals surface area contributed by atoms with Crippen molar-refractivity contribution in [2.24, 2.45) is 0 Å². The number of pyridine rings is 1. The molecule has 0 aromatic carbocycles. The van der Waals surface area contributed by atoms with Gasteiger partial charge in [-0.05, 0) is 31.5 Å². The molecule has 1 amide bonds. The molecule has 0 saturated carbocycles. The van der Waals surface area contributed by atoms with E-state index in [4.69, 9.17) is 0 Å². The molecule has 1 unspecified atom stereocenters. The molecule has 0 radical (unpaired) electrons. The van der Waals surface area contributed by atoms with Gasteiger partial charge in [0, 0.05) is 25.5 Å². The highest BCUT2D eigenvalue weighted by molar-refractivity contribution is 5.83. The van der Waals surface area contributed by atoms with E-state index in [2.05, 4.69) is 22.5 Å². The van der Waals surface area contributed by atoms with Crippen molar-refractivity contribution in [1.82, 2.24) is 15.6 Å². The Balaban J connectivity index is 2.28. The van der Waals surface area contributed by atoms with Crippen molar-refractivity contribution < 1.29 is 4.79 Å². The van der Waals surface area contributed by atoms with Gasteiger partial charge in [0.05, 0.1) is 5.92 Å². The molecule has 0 aliphatic rings. The molecule has 1 heterocycles. The smallest absolute Gasteiger partial charge is 0.227 e. The van der Waals surface area contributed by atoms with Crippen LogP contribution in [-0.2, 0) is 4.79 Å². The molecule has 4 heteroatoms. The summed E-state index contributed by atoms with van der Waals surface area (Å²) in [5.41, 5.74) is 0.950. The fourth-order valence-corrected chi connectivity index (χ4v) is 1.51. The fourth-order valence-electron chi connectivity index (χ4n) is 1.51. The Kier molecular flexibility index (Phi) is 6.25. The second kappa shape index (κ2) is 7.79. The molecule has 0 aliphatic carbocycles. The third-order valence-electron chi connectivity index (χ3n) is 2.61. The van der Waals surface area contributed by atoms with Crippen LogP contribution in [-0.4, -0.2) is 30.5 Å². The minimum absolute atomic E-state index is 0.0521. The van der Waals surface area contributed by atoms with Crippen LogP contribution in [0.2, 0.25) is 0 Å². The van der Waals surface area contributed by atoms with E-state index in [9.17, 15) is 4.79 Å². The van der Waals surface area contributed by atoms with Crippen LogP contribution in [0.3, 0.4) is 0 Å². The Morgan fingerprint density at radius 2 is 2.24 bits per heavy atom. The van der Waals surface area contributed by atoms with Gasteiger partial charge in [0.1, 0.15) is 0 Å². The largest absolute Gasteiger partial charge is 0.354 e. The van der Waals surface area contributed by atoms with E-state index in [1.165, 1.54) is 0 Å². The van der Waals surface area contributed by atoms with E-state index in [1.54, 1.807) is 12.4 Å². The van der Waals surface area contributed by atoms with Crippen molar-refractivity contribution in [1.29, 1.82) is 0 Å². The summed E-state index contributed by atoms with van der Waals surface area (Å²) in [7, 11) is 0. The summed E-state index contributed by atoms with van der Waals surface area (Å²) in [6.45, 7) is 6.50. The summed E-state index contributed by atoms with van der Waals surface area (Å²) < 4.78 is 0. The SMILES string of the molecule is CCCNCCNC(=O)C(C)c1cccnc1. The monoisotopic (exact) mass is 235 g/mol. The zero-order valence-corrected chi connectivity index (χ0v) is 10.6. The predicted octanol–water partition coefficient (Wildman–Crippen LogP) is 1.30. The number of nitrogens with one attached hydrogen (secondary N) is 2. The van der Waals surface area contributed by atoms with Gasteiger partial charge in [-0.15, -0.1) is 0 Å². The molecule has 17 heavy (non-hydrogen) atoms. The second-order valence-corrected chi connectivity index (χ2v) is 4.05. The van der Waals surface area contributed by atoms with Gasteiger partial charge >= 0.3 is 0 Å². The molecule has 0 aliphatic heterocycles. The summed E-state index contributed by atoms with van der Waals surface area (Å²) in [6, 6.07) is 3.77. The van der Waals surface area contributed by atoms with Gasteiger partial charge in [-0.1, -0.05) is 13.0 Å². The number of hydrogen-bond donors (Lipinski definition) is 2. The number of carbonyl (C=O) groups is 1. The van der Waals surface area contributed by atoms with Crippen molar-refractivity contribution in [2.75, 3.05) is 19.6 Å². The maximum Gasteiger partial charge on any atom is 0.227 e. The van der Waals surface area contributed by atoms with Crippen LogP contribution in [0.1, 0.15) is 31.7 Å². The van der Waals surface area contributed by atoms with Crippen molar-refractivity contribution in [3.8, 4) is 0 Å². The Hall–Kier alpha value is -1.42. The molecule has 1 aromatic heterocycles. The Bertz CT molecular complexity index is 327. The predicted molar refractivity (Wildman–Crippen MR) is 68.8 cm³/mol. The summed E-state index contributed by atoms with van der Waals surface area (Å²) in [6.07, 6.45) is 4.56. The number of rotatable bonds is 7. The van der Waals surface area contributed by atoms with Crippen LogP contribution >= 0.6 is 0 Å². The lowest BCUT2D eigenvalue weighted by Gasteiger charge is -2.12. The van der Waals surface area contributed by atoms with Crippen molar-refractivity contribution >= 4 is 5.91 Å². The summed E-state index contributed by atoms with van der Waals surface area (Å²) in [4.78, 5) is 15.8. The van der Waals surface area contributed by atoms with Crippen molar-refractivity contribution in [3.05, 3.63) is 30.1 Å². The number of carbonyl (C=O) groups excluding carboxylic acids is 1. The van der Waals surface area contributed by atoms with Crippen molar-refractivity contribution in [2.45, 2.75) is 26.2 Å². The minimum Gasteiger partial charge on any atom is -0.354 e. The van der Waals surface area contributed by atoms with E-state index in [0.717, 1.165) is 25.1 Å².